The average Bonchev–Trinajstić information content (AvgIpc) is 2.54. The summed E-state index contributed by atoms with van der Waals surface area (Å²) in [5, 5.41) is 0. The van der Waals surface area contributed by atoms with Gasteiger partial charge in [-0.05, 0) is 18.9 Å². The number of amides is 1. The van der Waals surface area contributed by atoms with Crippen LogP contribution < -0.4 is 16.7 Å². The normalized spacial score (nSPS) is 18.5. The fraction of sp³-hybridized carbons (Fsp3) is 0.500. The highest BCUT2D eigenvalue weighted by atomic mass is 16.8. The monoisotopic (exact) mass is 309 g/mol. The summed E-state index contributed by atoms with van der Waals surface area (Å²) in [5.41, 5.74) is 1.59. The van der Waals surface area contributed by atoms with Gasteiger partial charge in [-0.1, -0.05) is 0 Å². The summed E-state index contributed by atoms with van der Waals surface area (Å²) in [4.78, 5) is 40.2. The molecule has 1 atom stereocenters. The molecule has 0 aliphatic carbocycles. The van der Waals surface area contributed by atoms with Crippen molar-refractivity contribution in [2.24, 2.45) is 14.1 Å². The summed E-state index contributed by atoms with van der Waals surface area (Å²) >= 11 is 0. The summed E-state index contributed by atoms with van der Waals surface area (Å²) in [7, 11) is 2.91. The fourth-order valence-corrected chi connectivity index (χ4v) is 2.08. The van der Waals surface area contributed by atoms with Gasteiger partial charge in [0.05, 0.1) is 5.56 Å². The fourth-order valence-electron chi connectivity index (χ4n) is 2.08. The number of nitrogens with zero attached hydrogens (tertiary/aromatic N) is 2. The van der Waals surface area contributed by atoms with E-state index in [4.69, 9.17) is 9.57 Å². The molecular formula is C14H19N3O5. The van der Waals surface area contributed by atoms with Gasteiger partial charge in [0.25, 0.3) is 11.5 Å². The molecule has 0 radical (unpaired) electrons. The molecule has 1 fully saturated rings. The maximum Gasteiger partial charge on any atom is 0.330 e. The van der Waals surface area contributed by atoms with Crippen molar-refractivity contribution in [3.05, 3.63) is 38.7 Å². The largest absolute Gasteiger partial charge is 0.350 e. The number of hydrogen-bond acceptors (Lipinski definition) is 5. The Hall–Kier alpha value is -2.19. The van der Waals surface area contributed by atoms with E-state index in [1.54, 1.807) is 0 Å². The third kappa shape index (κ3) is 3.92. The Kier molecular flexibility index (Phi) is 5.29. The third-order valence-corrected chi connectivity index (χ3v) is 3.32. The lowest BCUT2D eigenvalue weighted by Gasteiger charge is -2.21. The van der Waals surface area contributed by atoms with Gasteiger partial charge in [-0.15, -0.1) is 0 Å². The Morgan fingerprint density at radius 1 is 1.41 bits per heavy atom. The van der Waals surface area contributed by atoms with E-state index in [-0.39, 0.29) is 5.56 Å². The van der Waals surface area contributed by atoms with Crippen LogP contribution in [0.2, 0.25) is 0 Å². The van der Waals surface area contributed by atoms with Crippen LogP contribution >= 0.6 is 0 Å². The number of nitrogens with one attached hydrogen (secondary N) is 1. The van der Waals surface area contributed by atoms with Crippen LogP contribution in [0.5, 0.6) is 0 Å². The Morgan fingerprint density at radius 2 is 2.18 bits per heavy atom. The van der Waals surface area contributed by atoms with E-state index in [2.05, 4.69) is 5.48 Å². The van der Waals surface area contributed by atoms with Gasteiger partial charge < -0.3 is 9.30 Å². The molecule has 1 aromatic rings. The SMILES string of the molecule is Cn1cc(/C=C/C(=O)NO[C@H]2CCCCO2)c(=O)n(C)c1=O. The molecule has 0 saturated carbocycles. The number of aromatic nitrogens is 2. The number of aryl methyl sites for hydroxylation is 1. The molecule has 1 aliphatic rings. The van der Waals surface area contributed by atoms with Crippen LogP contribution in [-0.4, -0.2) is 27.9 Å². The highest BCUT2D eigenvalue weighted by Crippen LogP contribution is 2.12. The van der Waals surface area contributed by atoms with E-state index in [1.165, 1.54) is 37.0 Å². The molecule has 8 nitrogen and oxygen atoms in total. The summed E-state index contributed by atoms with van der Waals surface area (Å²) < 4.78 is 7.55. The lowest BCUT2D eigenvalue weighted by atomic mass is 10.2. The third-order valence-electron chi connectivity index (χ3n) is 3.32. The van der Waals surface area contributed by atoms with Crippen molar-refractivity contribution in [3.8, 4) is 0 Å². The van der Waals surface area contributed by atoms with E-state index >= 15 is 0 Å². The van der Waals surface area contributed by atoms with Gasteiger partial charge in [-0.3, -0.25) is 14.2 Å². The number of rotatable bonds is 4. The first-order valence-corrected chi connectivity index (χ1v) is 7.01. The molecule has 0 spiro atoms. The Labute approximate surface area is 126 Å². The Morgan fingerprint density at radius 3 is 2.86 bits per heavy atom. The number of hydroxylamine groups is 1. The van der Waals surface area contributed by atoms with Crippen LogP contribution in [-0.2, 0) is 28.5 Å². The van der Waals surface area contributed by atoms with Crippen LogP contribution in [0, 0.1) is 0 Å². The summed E-state index contributed by atoms with van der Waals surface area (Å²) in [6.45, 7) is 0.616. The van der Waals surface area contributed by atoms with Crippen LogP contribution in [0.25, 0.3) is 6.08 Å². The highest BCUT2D eigenvalue weighted by molar-refractivity contribution is 5.90. The molecule has 1 amide bonds. The molecular weight excluding hydrogens is 290 g/mol. The predicted molar refractivity (Wildman–Crippen MR) is 78.8 cm³/mol. The van der Waals surface area contributed by atoms with Crippen LogP contribution in [0.1, 0.15) is 24.8 Å². The average molecular weight is 309 g/mol. The maximum absolute atomic E-state index is 11.9. The second-order valence-electron chi connectivity index (χ2n) is 5.06. The Balaban J connectivity index is 1.98. The molecule has 2 heterocycles. The zero-order valence-corrected chi connectivity index (χ0v) is 12.6. The molecule has 0 aromatic carbocycles. The molecule has 22 heavy (non-hydrogen) atoms. The van der Waals surface area contributed by atoms with Crippen molar-refractivity contribution in [1.29, 1.82) is 0 Å². The van der Waals surface area contributed by atoms with E-state index < -0.39 is 23.4 Å². The van der Waals surface area contributed by atoms with Crippen molar-refractivity contribution < 1.29 is 14.4 Å². The van der Waals surface area contributed by atoms with E-state index in [0.717, 1.165) is 23.8 Å². The zero-order valence-electron chi connectivity index (χ0n) is 12.6. The minimum atomic E-state index is -0.509. The van der Waals surface area contributed by atoms with Gasteiger partial charge >= 0.3 is 5.69 Å². The minimum absolute atomic E-state index is 0.230. The molecule has 1 N–H and O–H groups in total. The minimum Gasteiger partial charge on any atom is -0.350 e. The predicted octanol–water partition coefficient (Wildman–Crippen LogP) is -0.328. The Bertz CT molecular complexity index is 683. The molecule has 8 heteroatoms. The van der Waals surface area contributed by atoms with Crippen molar-refractivity contribution in [3.63, 3.8) is 0 Å². The molecule has 0 bridgehead atoms. The number of hydrogen-bond donors (Lipinski definition) is 1. The number of ether oxygens (including phenoxy) is 1. The van der Waals surface area contributed by atoms with E-state index in [1.807, 2.05) is 0 Å². The highest BCUT2D eigenvalue weighted by Gasteiger charge is 2.15. The summed E-state index contributed by atoms with van der Waals surface area (Å²) in [6, 6.07) is 0. The first kappa shape index (κ1) is 16.2. The van der Waals surface area contributed by atoms with E-state index in [9.17, 15) is 14.4 Å². The van der Waals surface area contributed by atoms with Gasteiger partial charge in [-0.2, -0.15) is 0 Å². The lowest BCUT2D eigenvalue weighted by molar-refractivity contribution is -0.198. The summed E-state index contributed by atoms with van der Waals surface area (Å²) in [5.74, 6) is -0.509. The molecule has 1 saturated heterocycles. The van der Waals surface area contributed by atoms with Crippen LogP contribution in [0.3, 0.4) is 0 Å². The van der Waals surface area contributed by atoms with Crippen molar-refractivity contribution in [2.75, 3.05) is 6.61 Å². The number of carbonyl (C=O) groups excluding carboxylic acids is 1. The summed E-state index contributed by atoms with van der Waals surface area (Å²) in [6.07, 6.45) is 6.15. The van der Waals surface area contributed by atoms with Gasteiger partial charge in [0.15, 0.2) is 6.29 Å². The second kappa shape index (κ2) is 7.19. The molecule has 1 aromatic heterocycles. The first-order chi connectivity index (χ1) is 10.5. The van der Waals surface area contributed by atoms with E-state index in [0.29, 0.717) is 6.61 Å². The smallest absolute Gasteiger partial charge is 0.330 e. The van der Waals surface area contributed by atoms with Crippen molar-refractivity contribution >= 4 is 12.0 Å². The van der Waals surface area contributed by atoms with Gasteiger partial charge in [-0.25, -0.2) is 15.1 Å². The van der Waals surface area contributed by atoms with Crippen molar-refractivity contribution in [1.82, 2.24) is 14.6 Å². The molecule has 0 unspecified atom stereocenters. The topological polar surface area (TPSA) is 91.6 Å². The lowest BCUT2D eigenvalue weighted by Crippen LogP contribution is -2.37. The van der Waals surface area contributed by atoms with Crippen LogP contribution in [0.4, 0.5) is 0 Å². The number of carbonyl (C=O) groups is 1. The standard InChI is InChI=1S/C14H19N3O5/c1-16-9-10(13(19)17(2)14(16)20)6-7-11(18)15-22-12-5-3-4-8-21-12/h6-7,9,12H,3-5,8H2,1-2H3,(H,15,18)/b7-6+/t12-/m0/s1. The van der Waals surface area contributed by atoms with Crippen LogP contribution in [0.15, 0.2) is 21.9 Å². The molecule has 120 valence electrons. The quantitative estimate of drug-likeness (QED) is 0.607. The molecule has 2 rings (SSSR count). The molecule has 1 aliphatic heterocycles. The maximum atomic E-state index is 11.9. The van der Waals surface area contributed by atoms with Gasteiger partial charge in [0.1, 0.15) is 0 Å². The first-order valence-electron chi connectivity index (χ1n) is 7.01. The second-order valence-corrected chi connectivity index (χ2v) is 5.06. The zero-order chi connectivity index (χ0) is 16.1. The van der Waals surface area contributed by atoms with Crippen molar-refractivity contribution in [2.45, 2.75) is 25.6 Å². The van der Waals surface area contributed by atoms with Gasteiger partial charge in [0, 0.05) is 39.4 Å². The van der Waals surface area contributed by atoms with Gasteiger partial charge in [0.2, 0.25) is 0 Å².